The molecule has 0 aliphatic heterocycles. The number of nitrogens with zero attached hydrogens (tertiary/aromatic N) is 3. The van der Waals surface area contributed by atoms with Crippen molar-refractivity contribution >= 4 is 23.4 Å². The molecule has 32 heavy (non-hydrogen) atoms. The van der Waals surface area contributed by atoms with Gasteiger partial charge in [-0.1, -0.05) is 25.6 Å². The molecule has 0 saturated heterocycles. The summed E-state index contributed by atoms with van der Waals surface area (Å²) in [5.41, 5.74) is 2.80. The second kappa shape index (κ2) is 12.1. The van der Waals surface area contributed by atoms with Crippen molar-refractivity contribution in [3.8, 4) is 5.75 Å². The molecule has 1 aromatic carbocycles. The van der Waals surface area contributed by atoms with Crippen LogP contribution < -0.4 is 15.7 Å². The van der Waals surface area contributed by atoms with Gasteiger partial charge in [-0.15, -0.1) is 0 Å². The standard InChI is InChI=1S/C24H34N4O3S/c1-4-27(5-2)15-8-16-28-21-10-7-6-9-20(21)23(26-24(28)30)32-17-22(29)25-18-11-13-19(31-3)14-12-18/h11-14H,4-10,15-17H2,1-3H3,(H,25,29). The molecule has 0 saturated carbocycles. The lowest BCUT2D eigenvalue weighted by Crippen LogP contribution is -2.32. The minimum absolute atomic E-state index is 0.116. The van der Waals surface area contributed by atoms with Crippen LogP contribution >= 0.6 is 11.8 Å². The van der Waals surface area contributed by atoms with Gasteiger partial charge in [0.2, 0.25) is 5.91 Å². The summed E-state index contributed by atoms with van der Waals surface area (Å²) in [5.74, 6) is 0.845. The van der Waals surface area contributed by atoms with Gasteiger partial charge in [-0.3, -0.25) is 9.36 Å². The van der Waals surface area contributed by atoms with Gasteiger partial charge in [0.15, 0.2) is 0 Å². The van der Waals surface area contributed by atoms with E-state index >= 15 is 0 Å². The first kappa shape index (κ1) is 24.3. The highest BCUT2D eigenvalue weighted by atomic mass is 32.2. The maximum Gasteiger partial charge on any atom is 0.348 e. The number of fused-ring (bicyclic) bond motifs is 1. The van der Waals surface area contributed by atoms with E-state index < -0.39 is 0 Å². The molecule has 0 radical (unpaired) electrons. The number of anilines is 1. The van der Waals surface area contributed by atoms with Crippen LogP contribution in [0.15, 0.2) is 34.1 Å². The summed E-state index contributed by atoms with van der Waals surface area (Å²) in [6, 6.07) is 7.23. The smallest absolute Gasteiger partial charge is 0.348 e. The van der Waals surface area contributed by atoms with E-state index in [1.54, 1.807) is 31.4 Å². The van der Waals surface area contributed by atoms with Crippen LogP contribution in [0.1, 0.15) is 44.4 Å². The van der Waals surface area contributed by atoms with Gasteiger partial charge in [-0.05, 0) is 76.0 Å². The average Bonchev–Trinajstić information content (AvgIpc) is 2.82. The van der Waals surface area contributed by atoms with Gasteiger partial charge in [0.05, 0.1) is 12.9 Å². The number of hydrogen-bond acceptors (Lipinski definition) is 6. The summed E-state index contributed by atoms with van der Waals surface area (Å²) < 4.78 is 7.02. The number of amides is 1. The molecule has 1 N–H and O–H groups in total. The number of thioether (sulfide) groups is 1. The van der Waals surface area contributed by atoms with E-state index in [4.69, 9.17) is 4.74 Å². The largest absolute Gasteiger partial charge is 0.497 e. The van der Waals surface area contributed by atoms with Crippen LogP contribution in [0.2, 0.25) is 0 Å². The van der Waals surface area contributed by atoms with Crippen LogP contribution in [0, 0.1) is 0 Å². The molecule has 1 aromatic heterocycles. The fourth-order valence-corrected chi connectivity index (χ4v) is 4.97. The van der Waals surface area contributed by atoms with Crippen LogP contribution in [0.25, 0.3) is 0 Å². The predicted octanol–water partition coefficient (Wildman–Crippen LogP) is 3.59. The lowest BCUT2D eigenvalue weighted by molar-refractivity contribution is -0.113. The maximum absolute atomic E-state index is 12.8. The van der Waals surface area contributed by atoms with E-state index in [0.717, 1.165) is 79.5 Å². The molecule has 1 heterocycles. The lowest BCUT2D eigenvalue weighted by atomic mass is 9.97. The Morgan fingerprint density at radius 2 is 1.91 bits per heavy atom. The molecule has 174 valence electrons. The molecule has 7 nitrogen and oxygen atoms in total. The third-order valence-corrected chi connectivity index (χ3v) is 6.93. The number of hydrogen-bond donors (Lipinski definition) is 1. The second-order valence-electron chi connectivity index (χ2n) is 7.93. The molecule has 1 aliphatic carbocycles. The van der Waals surface area contributed by atoms with Crippen molar-refractivity contribution in [1.29, 1.82) is 0 Å². The monoisotopic (exact) mass is 458 g/mol. The van der Waals surface area contributed by atoms with E-state index in [1.165, 1.54) is 11.8 Å². The molecule has 2 aromatic rings. The van der Waals surface area contributed by atoms with Gasteiger partial charge in [-0.25, -0.2) is 4.79 Å². The van der Waals surface area contributed by atoms with E-state index in [0.29, 0.717) is 6.54 Å². The third-order valence-electron chi connectivity index (χ3n) is 5.92. The highest BCUT2D eigenvalue weighted by Gasteiger charge is 2.21. The van der Waals surface area contributed by atoms with E-state index in [9.17, 15) is 9.59 Å². The molecule has 0 bridgehead atoms. The Labute approximate surface area is 194 Å². The Kier molecular flexibility index (Phi) is 9.17. The Balaban J connectivity index is 1.66. The molecule has 1 amide bonds. The number of ether oxygens (including phenoxy) is 1. The predicted molar refractivity (Wildman–Crippen MR) is 130 cm³/mol. The SMILES string of the molecule is CCN(CC)CCCn1c2c(c(SCC(=O)Nc3ccc(OC)cc3)nc1=O)CCCC2. The van der Waals surface area contributed by atoms with Crippen molar-refractivity contribution in [3.63, 3.8) is 0 Å². The van der Waals surface area contributed by atoms with Gasteiger partial charge in [0, 0.05) is 23.5 Å². The van der Waals surface area contributed by atoms with Gasteiger partial charge < -0.3 is 15.0 Å². The highest BCUT2D eigenvalue weighted by molar-refractivity contribution is 8.00. The molecule has 1 aliphatic rings. The topological polar surface area (TPSA) is 76.5 Å². The molecule has 3 rings (SSSR count). The van der Waals surface area contributed by atoms with Gasteiger partial charge in [-0.2, -0.15) is 4.98 Å². The van der Waals surface area contributed by atoms with Crippen LogP contribution in [0.3, 0.4) is 0 Å². The van der Waals surface area contributed by atoms with E-state index in [-0.39, 0.29) is 17.3 Å². The minimum Gasteiger partial charge on any atom is -0.497 e. The normalized spacial score (nSPS) is 13.1. The fraction of sp³-hybridized carbons (Fsp3) is 0.542. The van der Waals surface area contributed by atoms with Crippen molar-refractivity contribution in [3.05, 3.63) is 46.0 Å². The number of carbonyl (C=O) groups excluding carboxylic acids is 1. The number of benzene rings is 1. The zero-order valence-electron chi connectivity index (χ0n) is 19.4. The Morgan fingerprint density at radius 3 is 2.59 bits per heavy atom. The third kappa shape index (κ3) is 6.36. The van der Waals surface area contributed by atoms with Gasteiger partial charge in [0.1, 0.15) is 10.8 Å². The average molecular weight is 459 g/mol. The van der Waals surface area contributed by atoms with Gasteiger partial charge in [0.25, 0.3) is 0 Å². The molecule has 0 spiro atoms. The summed E-state index contributed by atoms with van der Waals surface area (Å²) in [6.45, 7) is 8.06. The number of methoxy groups -OCH3 is 1. The van der Waals surface area contributed by atoms with Crippen LogP contribution in [-0.4, -0.2) is 52.9 Å². The second-order valence-corrected chi connectivity index (χ2v) is 8.89. The Hall–Kier alpha value is -2.32. The number of carbonyl (C=O) groups is 1. The van der Waals surface area contributed by atoms with E-state index in [2.05, 4.69) is 29.0 Å². The van der Waals surface area contributed by atoms with Crippen LogP contribution in [0.5, 0.6) is 5.75 Å². The summed E-state index contributed by atoms with van der Waals surface area (Å²) in [5, 5.41) is 3.61. The van der Waals surface area contributed by atoms with Crippen molar-refractivity contribution in [2.24, 2.45) is 0 Å². The first-order chi connectivity index (χ1) is 15.5. The number of nitrogens with one attached hydrogen (secondary N) is 1. The van der Waals surface area contributed by atoms with E-state index in [1.807, 2.05) is 4.57 Å². The minimum atomic E-state index is -0.191. The number of rotatable bonds is 11. The van der Waals surface area contributed by atoms with Crippen LogP contribution in [0.4, 0.5) is 5.69 Å². The van der Waals surface area contributed by atoms with Crippen LogP contribution in [-0.2, 0) is 24.2 Å². The summed E-state index contributed by atoms with van der Waals surface area (Å²) in [6.07, 6.45) is 4.95. The van der Waals surface area contributed by atoms with Gasteiger partial charge >= 0.3 is 5.69 Å². The maximum atomic E-state index is 12.8. The molecular formula is C24H34N4O3S. The fourth-order valence-electron chi connectivity index (χ4n) is 4.10. The summed E-state index contributed by atoms with van der Waals surface area (Å²) in [4.78, 5) is 32.0. The summed E-state index contributed by atoms with van der Waals surface area (Å²) >= 11 is 1.36. The molecule has 0 atom stereocenters. The highest BCUT2D eigenvalue weighted by Crippen LogP contribution is 2.28. The van der Waals surface area contributed by atoms with Crippen molar-refractivity contribution in [1.82, 2.24) is 14.5 Å². The Bertz CT molecular complexity index is 955. The first-order valence-electron chi connectivity index (χ1n) is 11.5. The first-order valence-corrected chi connectivity index (χ1v) is 12.5. The quantitative estimate of drug-likeness (QED) is 0.410. The molecule has 0 fully saturated rings. The zero-order chi connectivity index (χ0) is 22.9. The lowest BCUT2D eigenvalue weighted by Gasteiger charge is -2.23. The van der Waals surface area contributed by atoms with Crippen molar-refractivity contribution < 1.29 is 9.53 Å². The Morgan fingerprint density at radius 1 is 1.19 bits per heavy atom. The number of aromatic nitrogens is 2. The molecular weight excluding hydrogens is 424 g/mol. The molecule has 0 unspecified atom stereocenters. The van der Waals surface area contributed by atoms with Crippen molar-refractivity contribution in [2.45, 2.75) is 57.5 Å². The van der Waals surface area contributed by atoms with Crippen molar-refractivity contribution in [2.75, 3.05) is 37.8 Å². The molecule has 8 heteroatoms. The zero-order valence-corrected chi connectivity index (χ0v) is 20.2. The summed E-state index contributed by atoms with van der Waals surface area (Å²) in [7, 11) is 1.61.